The van der Waals surface area contributed by atoms with Crippen LogP contribution in [0.1, 0.15) is 16.7 Å². The fourth-order valence-electron chi connectivity index (χ4n) is 2.59. The first-order chi connectivity index (χ1) is 13.0. The molecule has 140 valence electrons. The van der Waals surface area contributed by atoms with Gasteiger partial charge in [0.2, 0.25) is 0 Å². The Bertz CT molecular complexity index is 896. The molecular weight excluding hydrogens is 391 g/mol. The van der Waals surface area contributed by atoms with Crippen molar-refractivity contribution in [2.24, 2.45) is 0 Å². The van der Waals surface area contributed by atoms with E-state index in [0.29, 0.717) is 34.4 Å². The van der Waals surface area contributed by atoms with Crippen LogP contribution in [0, 0.1) is 11.6 Å². The molecule has 0 unspecified atom stereocenters. The molecule has 0 aliphatic rings. The van der Waals surface area contributed by atoms with E-state index in [1.54, 1.807) is 42.5 Å². The molecule has 0 atom stereocenters. The lowest BCUT2D eigenvalue weighted by atomic mass is 10.1. The van der Waals surface area contributed by atoms with Gasteiger partial charge < -0.3 is 10.1 Å². The van der Waals surface area contributed by atoms with Crippen LogP contribution in [0.2, 0.25) is 10.0 Å². The minimum Gasteiger partial charge on any atom is -0.488 e. The number of halogens is 4. The number of rotatable bonds is 7. The molecular formula is C21H17Cl2F2NO. The Morgan fingerprint density at radius 2 is 1.67 bits per heavy atom. The molecule has 0 aliphatic carbocycles. The number of ether oxygens (including phenoxy) is 1. The Labute approximate surface area is 166 Å². The molecule has 0 amide bonds. The average molecular weight is 408 g/mol. The van der Waals surface area contributed by atoms with Gasteiger partial charge in [-0.25, -0.2) is 8.78 Å². The van der Waals surface area contributed by atoms with Crippen LogP contribution in [0.15, 0.2) is 60.7 Å². The molecule has 3 aromatic rings. The first-order valence-corrected chi connectivity index (χ1v) is 9.08. The second kappa shape index (κ2) is 9.18. The van der Waals surface area contributed by atoms with Crippen LogP contribution in [0.4, 0.5) is 8.78 Å². The molecule has 0 radical (unpaired) electrons. The maximum atomic E-state index is 13.9. The zero-order valence-electron chi connectivity index (χ0n) is 14.3. The smallest absolute Gasteiger partial charge is 0.131 e. The molecule has 0 saturated carbocycles. The summed E-state index contributed by atoms with van der Waals surface area (Å²) in [6, 6.07) is 16.0. The Balaban J connectivity index is 1.66. The highest BCUT2D eigenvalue weighted by Gasteiger charge is 2.10. The predicted molar refractivity (Wildman–Crippen MR) is 104 cm³/mol. The van der Waals surface area contributed by atoms with Gasteiger partial charge in [0.15, 0.2) is 0 Å². The number of hydrogen-bond acceptors (Lipinski definition) is 2. The Kier molecular flexibility index (Phi) is 6.67. The quantitative estimate of drug-likeness (QED) is 0.507. The first kappa shape index (κ1) is 19.6. The minimum atomic E-state index is -0.410. The third-order valence-electron chi connectivity index (χ3n) is 4.01. The molecule has 2 nitrogen and oxygen atoms in total. The summed E-state index contributed by atoms with van der Waals surface area (Å²) in [6.07, 6.45) is 0. The van der Waals surface area contributed by atoms with Crippen molar-refractivity contribution < 1.29 is 13.5 Å². The summed E-state index contributed by atoms with van der Waals surface area (Å²) in [6.45, 7) is 1.06. The molecule has 27 heavy (non-hydrogen) atoms. The normalized spacial score (nSPS) is 10.8. The van der Waals surface area contributed by atoms with Crippen molar-refractivity contribution in [3.63, 3.8) is 0 Å². The van der Waals surface area contributed by atoms with Crippen molar-refractivity contribution in [3.05, 3.63) is 99.0 Å². The van der Waals surface area contributed by atoms with E-state index >= 15 is 0 Å². The summed E-state index contributed by atoms with van der Waals surface area (Å²) >= 11 is 12.1. The molecule has 0 heterocycles. The zero-order chi connectivity index (χ0) is 19.2. The molecule has 0 spiro atoms. The topological polar surface area (TPSA) is 21.3 Å². The summed E-state index contributed by atoms with van der Waals surface area (Å²) in [4.78, 5) is 0. The van der Waals surface area contributed by atoms with Gasteiger partial charge in [0.25, 0.3) is 0 Å². The maximum absolute atomic E-state index is 13.9. The SMILES string of the molecule is Fc1ccc(CNCc2cc(Cl)ccc2OCc2c(F)cccc2Cl)cc1. The molecule has 0 aromatic heterocycles. The van der Waals surface area contributed by atoms with Crippen molar-refractivity contribution in [1.29, 1.82) is 0 Å². The van der Waals surface area contributed by atoms with Crippen LogP contribution >= 0.6 is 23.2 Å². The van der Waals surface area contributed by atoms with Gasteiger partial charge in [0, 0.05) is 29.2 Å². The fourth-order valence-corrected chi connectivity index (χ4v) is 3.00. The molecule has 0 bridgehead atoms. The fraction of sp³-hybridized carbons (Fsp3) is 0.143. The number of benzene rings is 3. The highest BCUT2D eigenvalue weighted by molar-refractivity contribution is 6.31. The van der Waals surface area contributed by atoms with Gasteiger partial charge in [0.1, 0.15) is 24.0 Å². The van der Waals surface area contributed by atoms with Crippen molar-refractivity contribution in [2.75, 3.05) is 0 Å². The number of nitrogens with one attached hydrogen (secondary N) is 1. The lowest BCUT2D eigenvalue weighted by Gasteiger charge is -2.14. The van der Waals surface area contributed by atoms with Gasteiger partial charge in [-0.1, -0.05) is 41.4 Å². The lowest BCUT2D eigenvalue weighted by molar-refractivity contribution is 0.296. The van der Waals surface area contributed by atoms with Crippen LogP contribution in [0.5, 0.6) is 5.75 Å². The van der Waals surface area contributed by atoms with Gasteiger partial charge in [-0.3, -0.25) is 0 Å². The van der Waals surface area contributed by atoms with Crippen molar-refractivity contribution in [2.45, 2.75) is 19.7 Å². The molecule has 0 fully saturated rings. The van der Waals surface area contributed by atoms with Gasteiger partial charge in [0.05, 0.1) is 5.02 Å². The number of hydrogen-bond donors (Lipinski definition) is 1. The first-order valence-electron chi connectivity index (χ1n) is 8.32. The van der Waals surface area contributed by atoms with E-state index in [2.05, 4.69) is 5.32 Å². The maximum Gasteiger partial charge on any atom is 0.131 e. The highest BCUT2D eigenvalue weighted by Crippen LogP contribution is 2.26. The third-order valence-corrected chi connectivity index (χ3v) is 4.60. The van der Waals surface area contributed by atoms with Gasteiger partial charge in [-0.15, -0.1) is 0 Å². The monoisotopic (exact) mass is 407 g/mol. The van der Waals surface area contributed by atoms with Gasteiger partial charge >= 0.3 is 0 Å². The van der Waals surface area contributed by atoms with E-state index in [0.717, 1.165) is 11.1 Å². The largest absolute Gasteiger partial charge is 0.488 e. The second-order valence-electron chi connectivity index (χ2n) is 5.97. The summed E-state index contributed by atoms with van der Waals surface area (Å²) < 4.78 is 32.7. The molecule has 3 rings (SSSR count). The van der Waals surface area contributed by atoms with Crippen molar-refractivity contribution in [1.82, 2.24) is 5.32 Å². The minimum absolute atomic E-state index is 0.0120. The van der Waals surface area contributed by atoms with Crippen molar-refractivity contribution >= 4 is 23.2 Å². The van der Waals surface area contributed by atoms with Crippen LogP contribution in [0.3, 0.4) is 0 Å². The molecule has 0 aliphatic heterocycles. The highest BCUT2D eigenvalue weighted by atomic mass is 35.5. The van der Waals surface area contributed by atoms with E-state index in [1.807, 2.05) is 0 Å². The van der Waals surface area contributed by atoms with Crippen LogP contribution in [-0.2, 0) is 19.7 Å². The standard InChI is InChI=1S/C21H17Cl2F2NO/c22-16-6-9-21(27-13-18-19(23)2-1-3-20(18)25)15(10-16)12-26-11-14-4-7-17(24)8-5-14/h1-10,26H,11-13H2. The summed E-state index contributed by atoms with van der Waals surface area (Å²) in [7, 11) is 0. The van der Waals surface area contributed by atoms with Crippen molar-refractivity contribution in [3.8, 4) is 5.75 Å². The van der Waals surface area contributed by atoms with E-state index in [-0.39, 0.29) is 12.4 Å². The van der Waals surface area contributed by atoms with Gasteiger partial charge in [-0.2, -0.15) is 0 Å². The molecule has 1 N–H and O–H groups in total. The third kappa shape index (κ3) is 5.42. The average Bonchev–Trinajstić information content (AvgIpc) is 2.64. The predicted octanol–water partition coefficient (Wildman–Crippen LogP) is 6.14. The summed E-state index contributed by atoms with van der Waals surface area (Å²) in [5.74, 6) is -0.0890. The van der Waals surface area contributed by atoms with E-state index in [1.165, 1.54) is 18.2 Å². The van der Waals surface area contributed by atoms with E-state index in [4.69, 9.17) is 27.9 Å². The lowest BCUT2D eigenvalue weighted by Crippen LogP contribution is -2.14. The second-order valence-corrected chi connectivity index (χ2v) is 6.81. The van der Waals surface area contributed by atoms with E-state index in [9.17, 15) is 8.78 Å². The Morgan fingerprint density at radius 3 is 2.41 bits per heavy atom. The van der Waals surface area contributed by atoms with E-state index < -0.39 is 5.82 Å². The Hall–Kier alpha value is -2.14. The zero-order valence-corrected chi connectivity index (χ0v) is 15.8. The van der Waals surface area contributed by atoms with Gasteiger partial charge in [-0.05, 0) is 48.0 Å². The molecule has 3 aromatic carbocycles. The van der Waals surface area contributed by atoms with Crippen LogP contribution in [-0.4, -0.2) is 0 Å². The Morgan fingerprint density at radius 1 is 0.889 bits per heavy atom. The van der Waals surface area contributed by atoms with Crippen LogP contribution in [0.25, 0.3) is 0 Å². The summed E-state index contributed by atoms with van der Waals surface area (Å²) in [5, 5.41) is 4.16. The van der Waals surface area contributed by atoms with Crippen LogP contribution < -0.4 is 10.1 Å². The molecule has 6 heteroatoms. The summed E-state index contributed by atoms with van der Waals surface area (Å²) in [5.41, 5.74) is 2.09. The molecule has 0 saturated heterocycles.